The molecule has 0 aromatic carbocycles. The van der Waals surface area contributed by atoms with Gasteiger partial charge in [-0.3, -0.25) is 4.18 Å². The van der Waals surface area contributed by atoms with Crippen LogP contribution in [-0.4, -0.2) is 41.2 Å². The van der Waals surface area contributed by atoms with Gasteiger partial charge in [-0.2, -0.15) is 8.42 Å². The summed E-state index contributed by atoms with van der Waals surface area (Å²) in [6.07, 6.45) is 22.0. The third-order valence-electron chi connectivity index (χ3n) is 5.94. The molecule has 0 aromatic heterocycles. The fourth-order valence-electron chi connectivity index (χ4n) is 3.90. The van der Waals surface area contributed by atoms with Crippen LogP contribution < -0.4 is 0 Å². The molecular formula is C22H44O5S2. The molecule has 0 N–H and O–H groups in total. The van der Waals surface area contributed by atoms with E-state index in [0.717, 1.165) is 25.0 Å². The Bertz CT molecular complexity index is 595. The van der Waals surface area contributed by atoms with E-state index in [1.807, 2.05) is 0 Å². The van der Waals surface area contributed by atoms with Crippen molar-refractivity contribution in [3.05, 3.63) is 0 Å². The highest BCUT2D eigenvalue weighted by Crippen LogP contribution is 2.31. The highest BCUT2D eigenvalue weighted by molar-refractivity contribution is 7.91. The summed E-state index contributed by atoms with van der Waals surface area (Å²) in [6, 6.07) is 0. The third kappa shape index (κ3) is 17.3. The lowest BCUT2D eigenvalue weighted by atomic mass is 9.81. The number of rotatable bonds is 20. The van der Waals surface area contributed by atoms with E-state index in [9.17, 15) is 16.8 Å². The van der Waals surface area contributed by atoms with Crippen LogP contribution in [0.5, 0.6) is 0 Å². The van der Waals surface area contributed by atoms with Gasteiger partial charge in [0.1, 0.15) is 9.84 Å². The predicted octanol–water partition coefficient (Wildman–Crippen LogP) is 5.64. The molecule has 0 radical (unpaired) electrons. The number of hydrogen-bond donors (Lipinski definition) is 0. The third-order valence-corrected chi connectivity index (χ3v) is 8.36. The molecular weight excluding hydrogens is 408 g/mol. The molecule has 1 rings (SSSR count). The maximum Gasteiger partial charge on any atom is 0.264 e. The van der Waals surface area contributed by atoms with Gasteiger partial charge in [-0.05, 0) is 18.8 Å². The van der Waals surface area contributed by atoms with E-state index >= 15 is 0 Å². The Morgan fingerprint density at radius 1 is 0.655 bits per heavy atom. The van der Waals surface area contributed by atoms with Crippen LogP contribution in [0.2, 0.25) is 0 Å². The van der Waals surface area contributed by atoms with Gasteiger partial charge in [0.25, 0.3) is 10.1 Å². The van der Waals surface area contributed by atoms with Gasteiger partial charge in [-0.25, -0.2) is 8.42 Å². The van der Waals surface area contributed by atoms with Crippen LogP contribution >= 0.6 is 0 Å². The van der Waals surface area contributed by atoms with E-state index in [1.54, 1.807) is 0 Å². The van der Waals surface area contributed by atoms with Crippen molar-refractivity contribution in [3.8, 4) is 0 Å². The summed E-state index contributed by atoms with van der Waals surface area (Å²) < 4.78 is 50.0. The zero-order valence-electron chi connectivity index (χ0n) is 18.6. The minimum atomic E-state index is -3.48. The molecule has 7 heteroatoms. The average molecular weight is 453 g/mol. The minimum Gasteiger partial charge on any atom is -0.270 e. The summed E-state index contributed by atoms with van der Waals surface area (Å²) in [5.74, 6) is 1.27. The van der Waals surface area contributed by atoms with Gasteiger partial charge in [-0.15, -0.1) is 0 Å². The van der Waals surface area contributed by atoms with Gasteiger partial charge in [0.15, 0.2) is 0 Å². The molecule has 1 fully saturated rings. The first-order valence-electron chi connectivity index (χ1n) is 11.8. The second-order valence-corrected chi connectivity index (χ2v) is 12.8. The molecule has 0 heterocycles. The lowest BCUT2D eigenvalue weighted by Crippen LogP contribution is -2.14. The Labute approximate surface area is 180 Å². The smallest absolute Gasteiger partial charge is 0.264 e. The second kappa shape index (κ2) is 15.6. The molecule has 0 amide bonds. The molecule has 1 aliphatic carbocycles. The van der Waals surface area contributed by atoms with E-state index in [0.29, 0.717) is 6.42 Å². The molecule has 0 bridgehead atoms. The Kier molecular flexibility index (Phi) is 14.5. The van der Waals surface area contributed by atoms with Gasteiger partial charge in [0.2, 0.25) is 0 Å². The van der Waals surface area contributed by atoms with Crippen LogP contribution in [0.4, 0.5) is 0 Å². The maximum atomic E-state index is 11.9. The monoisotopic (exact) mass is 452 g/mol. The maximum absolute atomic E-state index is 11.9. The van der Waals surface area contributed by atoms with Crippen molar-refractivity contribution < 1.29 is 21.0 Å². The molecule has 174 valence electrons. The number of sulfone groups is 1. The standard InChI is InChI=1S/C22H44O5S2/c1-28(23,24)27-19-15-21-29(25,26)20-13-11-9-7-5-3-2-4-6-8-10-12-16-22-17-14-18-22/h22H,2-21H2,1H3. The summed E-state index contributed by atoms with van der Waals surface area (Å²) in [5.41, 5.74) is 0. The van der Waals surface area contributed by atoms with Crippen molar-refractivity contribution in [3.63, 3.8) is 0 Å². The molecule has 0 aromatic rings. The van der Waals surface area contributed by atoms with E-state index in [1.165, 1.54) is 83.5 Å². The van der Waals surface area contributed by atoms with Gasteiger partial charge in [0.05, 0.1) is 24.4 Å². The molecule has 0 saturated heterocycles. The lowest BCUT2D eigenvalue weighted by Gasteiger charge is -2.24. The van der Waals surface area contributed by atoms with Crippen LogP contribution in [0.25, 0.3) is 0 Å². The molecule has 0 spiro atoms. The van der Waals surface area contributed by atoms with Gasteiger partial charge in [0, 0.05) is 0 Å². The quantitative estimate of drug-likeness (QED) is 0.176. The van der Waals surface area contributed by atoms with Crippen LogP contribution in [0, 0.1) is 5.92 Å². The Hall–Kier alpha value is -0.140. The summed E-state index contributed by atoms with van der Waals surface area (Å²) in [7, 11) is -6.57. The summed E-state index contributed by atoms with van der Waals surface area (Å²) >= 11 is 0. The minimum absolute atomic E-state index is 0.00308. The zero-order chi connectivity index (χ0) is 21.4. The average Bonchev–Trinajstić information content (AvgIpc) is 2.60. The highest BCUT2D eigenvalue weighted by atomic mass is 32.2. The molecule has 0 aliphatic heterocycles. The first-order chi connectivity index (χ1) is 13.8. The number of unbranched alkanes of at least 4 members (excludes halogenated alkanes) is 11. The van der Waals surface area contributed by atoms with E-state index in [-0.39, 0.29) is 24.5 Å². The molecule has 0 atom stereocenters. The Balaban J connectivity index is 1.79. The van der Waals surface area contributed by atoms with Crippen molar-refractivity contribution in [2.75, 3.05) is 24.4 Å². The van der Waals surface area contributed by atoms with Crippen LogP contribution in [-0.2, 0) is 24.1 Å². The predicted molar refractivity (Wildman–Crippen MR) is 121 cm³/mol. The molecule has 0 unspecified atom stereocenters. The Morgan fingerprint density at radius 2 is 1.10 bits per heavy atom. The largest absolute Gasteiger partial charge is 0.270 e. The molecule has 29 heavy (non-hydrogen) atoms. The highest BCUT2D eigenvalue weighted by Gasteiger charge is 2.16. The first-order valence-corrected chi connectivity index (χ1v) is 15.5. The summed E-state index contributed by atoms with van der Waals surface area (Å²) in [6.45, 7) is -0.0570. The molecule has 1 aliphatic rings. The van der Waals surface area contributed by atoms with Crippen molar-refractivity contribution in [1.29, 1.82) is 0 Å². The SMILES string of the molecule is CS(=O)(=O)OCCCS(=O)(=O)CCCCCCCCCCCCCCC1CCC1. The summed E-state index contributed by atoms with van der Waals surface area (Å²) in [4.78, 5) is 0. The van der Waals surface area contributed by atoms with Gasteiger partial charge < -0.3 is 0 Å². The van der Waals surface area contributed by atoms with Crippen LogP contribution in [0.15, 0.2) is 0 Å². The molecule has 1 saturated carbocycles. The molecule has 5 nitrogen and oxygen atoms in total. The second-order valence-electron chi connectivity index (χ2n) is 8.86. The van der Waals surface area contributed by atoms with Crippen molar-refractivity contribution in [1.82, 2.24) is 0 Å². The normalized spacial score (nSPS) is 15.5. The van der Waals surface area contributed by atoms with Crippen LogP contribution in [0.3, 0.4) is 0 Å². The van der Waals surface area contributed by atoms with Gasteiger partial charge in [-0.1, -0.05) is 96.3 Å². The van der Waals surface area contributed by atoms with Crippen LogP contribution in [0.1, 0.15) is 109 Å². The van der Waals surface area contributed by atoms with E-state index in [4.69, 9.17) is 0 Å². The Morgan fingerprint density at radius 3 is 1.55 bits per heavy atom. The lowest BCUT2D eigenvalue weighted by molar-refractivity contribution is 0.286. The first kappa shape index (κ1) is 26.9. The summed E-state index contributed by atoms with van der Waals surface area (Å²) in [5, 5.41) is 0. The number of hydrogen-bond acceptors (Lipinski definition) is 5. The van der Waals surface area contributed by atoms with Gasteiger partial charge >= 0.3 is 0 Å². The topological polar surface area (TPSA) is 77.5 Å². The zero-order valence-corrected chi connectivity index (χ0v) is 20.2. The van der Waals surface area contributed by atoms with E-state index < -0.39 is 20.0 Å². The fraction of sp³-hybridized carbons (Fsp3) is 1.00. The van der Waals surface area contributed by atoms with Crippen molar-refractivity contribution >= 4 is 20.0 Å². The van der Waals surface area contributed by atoms with Crippen molar-refractivity contribution in [2.24, 2.45) is 5.92 Å². The van der Waals surface area contributed by atoms with E-state index in [2.05, 4.69) is 4.18 Å². The van der Waals surface area contributed by atoms with Crippen molar-refractivity contribution in [2.45, 2.75) is 109 Å². The fourth-order valence-corrected chi connectivity index (χ4v) is 5.72.